The summed E-state index contributed by atoms with van der Waals surface area (Å²) in [6.45, 7) is 1.92. The number of fused-ring (bicyclic) bond motifs is 4. The summed E-state index contributed by atoms with van der Waals surface area (Å²) in [7, 11) is 0. The SMILES string of the molecule is O=C(N[C@@H](NC(=S)N1C[C@H]2C[C@H](C1)c1cccc(=O)n1C2)C(Cl)(Cl)Cl)c1ccccc1Cl. The molecular weight excluding hydrogens is 514 g/mol. The highest BCUT2D eigenvalue weighted by Crippen LogP contribution is 2.35. The van der Waals surface area contributed by atoms with Gasteiger partial charge in [0, 0.05) is 37.3 Å². The van der Waals surface area contributed by atoms with Gasteiger partial charge >= 0.3 is 0 Å². The minimum Gasteiger partial charge on any atom is -0.348 e. The third-order valence-corrected chi connectivity index (χ3v) is 7.12. The number of carbonyl (C=O) groups is 1. The third kappa shape index (κ3) is 5.02. The minimum atomic E-state index is -1.87. The molecule has 32 heavy (non-hydrogen) atoms. The summed E-state index contributed by atoms with van der Waals surface area (Å²) < 4.78 is -0.0207. The number of amides is 1. The summed E-state index contributed by atoms with van der Waals surface area (Å²) in [5.74, 6) is -0.0591. The van der Waals surface area contributed by atoms with Gasteiger partial charge < -0.3 is 20.1 Å². The summed E-state index contributed by atoms with van der Waals surface area (Å²) in [5.41, 5.74) is 1.28. The summed E-state index contributed by atoms with van der Waals surface area (Å²) in [6.07, 6.45) is -0.0971. The van der Waals surface area contributed by atoms with Crippen LogP contribution in [0.15, 0.2) is 47.3 Å². The van der Waals surface area contributed by atoms with E-state index in [4.69, 9.17) is 58.6 Å². The largest absolute Gasteiger partial charge is 0.348 e. The maximum absolute atomic E-state index is 12.7. The number of benzene rings is 1. The number of piperidine rings is 1. The van der Waals surface area contributed by atoms with Crippen LogP contribution in [-0.4, -0.2) is 43.5 Å². The lowest BCUT2D eigenvalue weighted by atomic mass is 9.83. The van der Waals surface area contributed by atoms with Gasteiger partial charge in [-0.25, -0.2) is 0 Å². The molecule has 1 fully saturated rings. The zero-order chi connectivity index (χ0) is 23.0. The van der Waals surface area contributed by atoms with E-state index in [-0.39, 0.29) is 28.0 Å². The second kappa shape index (κ2) is 9.39. The van der Waals surface area contributed by atoms with Crippen molar-refractivity contribution < 1.29 is 4.79 Å². The molecule has 2 aromatic rings. The van der Waals surface area contributed by atoms with Gasteiger partial charge in [-0.3, -0.25) is 9.59 Å². The molecule has 0 spiro atoms. The van der Waals surface area contributed by atoms with E-state index in [1.165, 1.54) is 0 Å². The third-order valence-electron chi connectivity index (χ3n) is 5.76. The Kier molecular flexibility index (Phi) is 6.94. The molecule has 1 aromatic heterocycles. The van der Waals surface area contributed by atoms with Gasteiger partial charge in [0.05, 0.1) is 10.6 Å². The molecule has 2 aliphatic rings. The molecule has 1 saturated heterocycles. The zero-order valence-electron chi connectivity index (χ0n) is 16.7. The number of hydrogen-bond donors (Lipinski definition) is 2. The average molecular weight is 534 g/mol. The van der Waals surface area contributed by atoms with Gasteiger partial charge in [-0.2, -0.15) is 0 Å². The fraction of sp³-hybridized carbons (Fsp3) is 0.381. The molecular formula is C21H20Cl4N4O2S. The van der Waals surface area contributed by atoms with Crippen LogP contribution in [0.5, 0.6) is 0 Å². The maximum atomic E-state index is 12.7. The molecule has 0 aliphatic carbocycles. The van der Waals surface area contributed by atoms with Gasteiger partial charge in [-0.15, -0.1) is 0 Å². The van der Waals surface area contributed by atoms with E-state index in [2.05, 4.69) is 10.6 Å². The van der Waals surface area contributed by atoms with Crippen molar-refractivity contribution in [3.05, 3.63) is 69.1 Å². The van der Waals surface area contributed by atoms with E-state index in [0.717, 1.165) is 12.1 Å². The van der Waals surface area contributed by atoms with E-state index < -0.39 is 15.9 Å². The first kappa shape index (κ1) is 23.6. The second-order valence-corrected chi connectivity index (χ2v) is 11.1. The summed E-state index contributed by atoms with van der Waals surface area (Å²) in [4.78, 5) is 26.9. The molecule has 170 valence electrons. The van der Waals surface area contributed by atoms with Crippen LogP contribution < -0.4 is 16.2 Å². The van der Waals surface area contributed by atoms with Gasteiger partial charge in [0.1, 0.15) is 6.17 Å². The van der Waals surface area contributed by atoms with Crippen LogP contribution in [0.3, 0.4) is 0 Å². The Bertz CT molecular complexity index is 1100. The minimum absolute atomic E-state index is 0.0184. The molecule has 11 heteroatoms. The van der Waals surface area contributed by atoms with Gasteiger partial charge in [-0.1, -0.05) is 64.6 Å². The first-order chi connectivity index (χ1) is 15.1. The first-order valence-corrected chi connectivity index (χ1v) is 11.9. The topological polar surface area (TPSA) is 66.4 Å². The molecule has 2 bridgehead atoms. The summed E-state index contributed by atoms with van der Waals surface area (Å²) in [5, 5.41) is 6.31. The number of halogens is 4. The van der Waals surface area contributed by atoms with Crippen molar-refractivity contribution in [2.45, 2.75) is 28.8 Å². The monoisotopic (exact) mass is 532 g/mol. The van der Waals surface area contributed by atoms with E-state index in [1.807, 2.05) is 15.5 Å². The Balaban J connectivity index is 1.48. The molecule has 6 nitrogen and oxygen atoms in total. The van der Waals surface area contributed by atoms with E-state index in [1.54, 1.807) is 36.4 Å². The number of hydrogen-bond acceptors (Lipinski definition) is 3. The van der Waals surface area contributed by atoms with Crippen molar-refractivity contribution in [3.8, 4) is 0 Å². The van der Waals surface area contributed by atoms with E-state index >= 15 is 0 Å². The Morgan fingerprint density at radius 3 is 2.53 bits per heavy atom. The van der Waals surface area contributed by atoms with Crippen LogP contribution in [0.4, 0.5) is 0 Å². The number of likely N-dealkylation sites (tertiary alicyclic amines) is 1. The number of nitrogens with one attached hydrogen (secondary N) is 2. The number of rotatable bonds is 3. The summed E-state index contributed by atoms with van der Waals surface area (Å²) >= 11 is 30.1. The van der Waals surface area contributed by atoms with Crippen molar-refractivity contribution in [2.75, 3.05) is 13.1 Å². The number of pyridine rings is 1. The lowest BCUT2D eigenvalue weighted by molar-refractivity contribution is 0.0933. The molecule has 1 amide bonds. The maximum Gasteiger partial charge on any atom is 0.254 e. The van der Waals surface area contributed by atoms with E-state index in [0.29, 0.717) is 24.7 Å². The number of aromatic nitrogens is 1. The number of alkyl halides is 3. The molecule has 3 atom stereocenters. The molecule has 2 aliphatic heterocycles. The smallest absolute Gasteiger partial charge is 0.254 e. The van der Waals surface area contributed by atoms with Gasteiger partial charge in [0.25, 0.3) is 11.5 Å². The molecule has 0 saturated carbocycles. The van der Waals surface area contributed by atoms with Crippen LogP contribution in [0.25, 0.3) is 0 Å². The van der Waals surface area contributed by atoms with Crippen LogP contribution in [0.2, 0.25) is 5.02 Å². The molecule has 0 radical (unpaired) electrons. The Hall–Kier alpha value is -1.51. The number of carbonyl (C=O) groups excluding carboxylic acids is 1. The molecule has 4 rings (SSSR count). The van der Waals surface area contributed by atoms with Gasteiger partial charge in [0.15, 0.2) is 5.11 Å². The fourth-order valence-corrected chi connectivity index (χ4v) is 5.15. The molecule has 3 heterocycles. The predicted molar refractivity (Wildman–Crippen MR) is 132 cm³/mol. The van der Waals surface area contributed by atoms with Gasteiger partial charge in [0.2, 0.25) is 3.79 Å². The Morgan fingerprint density at radius 2 is 1.81 bits per heavy atom. The average Bonchev–Trinajstić information content (AvgIpc) is 2.73. The predicted octanol–water partition coefficient (Wildman–Crippen LogP) is 3.92. The first-order valence-electron chi connectivity index (χ1n) is 10.0. The highest BCUT2D eigenvalue weighted by molar-refractivity contribution is 7.80. The number of thiocarbonyl (C=S) groups is 1. The van der Waals surface area contributed by atoms with Gasteiger partial charge in [-0.05, 0) is 42.8 Å². The fourth-order valence-electron chi connectivity index (χ4n) is 4.33. The quantitative estimate of drug-likeness (QED) is 0.355. The second-order valence-electron chi connectivity index (χ2n) is 7.98. The van der Waals surface area contributed by atoms with Crippen LogP contribution in [-0.2, 0) is 6.54 Å². The lowest BCUT2D eigenvalue weighted by Gasteiger charge is -2.44. The van der Waals surface area contributed by atoms with Crippen molar-refractivity contribution in [1.29, 1.82) is 0 Å². The van der Waals surface area contributed by atoms with Crippen molar-refractivity contribution in [2.24, 2.45) is 5.92 Å². The van der Waals surface area contributed by atoms with Crippen molar-refractivity contribution in [1.82, 2.24) is 20.1 Å². The lowest BCUT2D eigenvalue weighted by Crippen LogP contribution is -2.60. The normalized spacial score (nSPS) is 20.8. The highest BCUT2D eigenvalue weighted by atomic mass is 35.6. The van der Waals surface area contributed by atoms with E-state index in [9.17, 15) is 9.59 Å². The standard InChI is InChI=1S/C21H20Cl4N4O2S/c22-15-5-2-1-4-14(15)18(31)26-19(21(23,24)25)27-20(32)28-9-12-8-13(11-28)16-6-3-7-17(30)29(16)10-12/h1-7,12-13,19H,8-11H2,(H,26,31)(H,27,32)/t12-,13-,19+/m1/s1. The van der Waals surface area contributed by atoms with Crippen LogP contribution in [0.1, 0.15) is 28.4 Å². The van der Waals surface area contributed by atoms with Crippen molar-refractivity contribution in [3.63, 3.8) is 0 Å². The highest BCUT2D eigenvalue weighted by Gasteiger charge is 2.39. The van der Waals surface area contributed by atoms with Crippen LogP contribution >= 0.6 is 58.6 Å². The summed E-state index contributed by atoms with van der Waals surface area (Å²) in [6, 6.07) is 12.0. The van der Waals surface area contributed by atoms with Crippen LogP contribution in [0, 0.1) is 5.92 Å². The number of nitrogens with zero attached hydrogens (tertiary/aromatic N) is 2. The Labute approximate surface area is 210 Å². The Morgan fingerprint density at radius 1 is 1.06 bits per heavy atom. The van der Waals surface area contributed by atoms with Crippen molar-refractivity contribution >= 4 is 69.6 Å². The molecule has 0 unspecified atom stereocenters. The zero-order valence-corrected chi connectivity index (χ0v) is 20.6. The molecule has 2 N–H and O–H groups in total. The molecule has 1 aromatic carbocycles.